The second-order valence-electron chi connectivity index (χ2n) is 3.82. The SMILES string of the molecule is CCC1(c2ccco2)CC(O)CCO1. The third-order valence-corrected chi connectivity index (χ3v) is 2.94. The monoisotopic (exact) mass is 196 g/mol. The lowest BCUT2D eigenvalue weighted by molar-refractivity contribution is -0.135. The third kappa shape index (κ3) is 1.57. The molecule has 1 aromatic heterocycles. The van der Waals surface area contributed by atoms with Crippen molar-refractivity contribution in [2.45, 2.75) is 37.9 Å². The second-order valence-corrected chi connectivity index (χ2v) is 3.82. The van der Waals surface area contributed by atoms with E-state index in [2.05, 4.69) is 6.92 Å². The number of aliphatic hydroxyl groups is 1. The Hall–Kier alpha value is -0.800. The second kappa shape index (κ2) is 3.75. The standard InChI is InChI=1S/C11H16O3/c1-2-11(10-4-3-6-13-10)8-9(12)5-7-14-11/h3-4,6,9,12H,2,5,7-8H2,1H3. The lowest BCUT2D eigenvalue weighted by atomic mass is 9.87. The lowest BCUT2D eigenvalue weighted by Gasteiger charge is -2.37. The van der Waals surface area contributed by atoms with Crippen molar-refractivity contribution in [1.29, 1.82) is 0 Å². The van der Waals surface area contributed by atoms with E-state index in [0.717, 1.165) is 18.6 Å². The van der Waals surface area contributed by atoms with Gasteiger partial charge < -0.3 is 14.3 Å². The largest absolute Gasteiger partial charge is 0.466 e. The molecule has 1 fully saturated rings. The van der Waals surface area contributed by atoms with Crippen LogP contribution in [0.4, 0.5) is 0 Å². The number of hydrogen-bond acceptors (Lipinski definition) is 3. The van der Waals surface area contributed by atoms with Gasteiger partial charge in [-0.05, 0) is 25.0 Å². The molecule has 0 spiro atoms. The van der Waals surface area contributed by atoms with E-state index in [-0.39, 0.29) is 6.10 Å². The van der Waals surface area contributed by atoms with Crippen molar-refractivity contribution < 1.29 is 14.3 Å². The van der Waals surface area contributed by atoms with Gasteiger partial charge in [0.25, 0.3) is 0 Å². The molecule has 1 N–H and O–H groups in total. The fraction of sp³-hybridized carbons (Fsp3) is 0.636. The quantitative estimate of drug-likeness (QED) is 0.787. The van der Waals surface area contributed by atoms with Crippen LogP contribution in [0.5, 0.6) is 0 Å². The van der Waals surface area contributed by atoms with Crippen molar-refractivity contribution in [2.75, 3.05) is 6.61 Å². The zero-order valence-corrected chi connectivity index (χ0v) is 8.40. The highest BCUT2D eigenvalue weighted by Crippen LogP contribution is 2.38. The molecule has 14 heavy (non-hydrogen) atoms. The molecule has 1 aliphatic rings. The molecule has 0 saturated carbocycles. The van der Waals surface area contributed by atoms with Crippen LogP contribution in [0.25, 0.3) is 0 Å². The van der Waals surface area contributed by atoms with Crippen LogP contribution in [0, 0.1) is 0 Å². The van der Waals surface area contributed by atoms with Crippen LogP contribution in [-0.2, 0) is 10.3 Å². The molecule has 1 aromatic rings. The van der Waals surface area contributed by atoms with Crippen molar-refractivity contribution in [3.05, 3.63) is 24.2 Å². The number of rotatable bonds is 2. The van der Waals surface area contributed by atoms with Crippen LogP contribution >= 0.6 is 0 Å². The van der Waals surface area contributed by atoms with Gasteiger partial charge in [0.05, 0.1) is 19.0 Å². The van der Waals surface area contributed by atoms with Crippen LogP contribution in [0.3, 0.4) is 0 Å². The minimum absolute atomic E-state index is 0.270. The number of ether oxygens (including phenoxy) is 1. The van der Waals surface area contributed by atoms with Crippen LogP contribution in [0.2, 0.25) is 0 Å². The molecule has 0 amide bonds. The van der Waals surface area contributed by atoms with Crippen molar-refractivity contribution in [1.82, 2.24) is 0 Å². The van der Waals surface area contributed by atoms with Crippen molar-refractivity contribution in [3.63, 3.8) is 0 Å². The van der Waals surface area contributed by atoms with E-state index in [1.165, 1.54) is 0 Å². The molecule has 0 bridgehead atoms. The molecule has 1 saturated heterocycles. The van der Waals surface area contributed by atoms with Gasteiger partial charge in [-0.2, -0.15) is 0 Å². The zero-order chi connectivity index (χ0) is 10.0. The average Bonchev–Trinajstić information content (AvgIpc) is 2.71. The van der Waals surface area contributed by atoms with Gasteiger partial charge in [0.15, 0.2) is 0 Å². The van der Waals surface area contributed by atoms with E-state index in [9.17, 15) is 5.11 Å². The Morgan fingerprint density at radius 2 is 2.50 bits per heavy atom. The van der Waals surface area contributed by atoms with Gasteiger partial charge >= 0.3 is 0 Å². The lowest BCUT2D eigenvalue weighted by Crippen LogP contribution is -2.38. The summed E-state index contributed by atoms with van der Waals surface area (Å²) < 4.78 is 11.2. The molecule has 3 nitrogen and oxygen atoms in total. The minimum Gasteiger partial charge on any atom is -0.466 e. The van der Waals surface area contributed by atoms with E-state index in [1.54, 1.807) is 6.26 Å². The Labute approximate surface area is 83.7 Å². The Balaban J connectivity index is 2.25. The first-order valence-electron chi connectivity index (χ1n) is 5.13. The summed E-state index contributed by atoms with van der Waals surface area (Å²) in [7, 11) is 0. The molecule has 2 unspecified atom stereocenters. The third-order valence-electron chi connectivity index (χ3n) is 2.94. The first kappa shape index (κ1) is 9.74. The number of aliphatic hydroxyl groups excluding tert-OH is 1. The van der Waals surface area contributed by atoms with Gasteiger partial charge in [-0.15, -0.1) is 0 Å². The van der Waals surface area contributed by atoms with E-state index in [4.69, 9.17) is 9.15 Å². The predicted molar refractivity (Wildman–Crippen MR) is 51.9 cm³/mol. The van der Waals surface area contributed by atoms with Crippen LogP contribution in [0.1, 0.15) is 31.9 Å². The highest BCUT2D eigenvalue weighted by molar-refractivity contribution is 5.11. The summed E-state index contributed by atoms with van der Waals surface area (Å²) in [5.41, 5.74) is -0.402. The smallest absolute Gasteiger partial charge is 0.135 e. The summed E-state index contributed by atoms with van der Waals surface area (Å²) in [6.07, 6.45) is 3.57. The van der Waals surface area contributed by atoms with Crippen LogP contribution < -0.4 is 0 Å². The maximum absolute atomic E-state index is 9.65. The molecule has 2 heterocycles. The molecule has 2 atom stereocenters. The van der Waals surface area contributed by atoms with E-state index in [1.807, 2.05) is 12.1 Å². The highest BCUT2D eigenvalue weighted by Gasteiger charge is 2.39. The predicted octanol–water partition coefficient (Wildman–Crippen LogP) is 2.06. The number of hydrogen-bond donors (Lipinski definition) is 1. The zero-order valence-electron chi connectivity index (χ0n) is 8.40. The first-order chi connectivity index (χ1) is 6.77. The first-order valence-corrected chi connectivity index (χ1v) is 5.13. The Morgan fingerprint density at radius 1 is 1.64 bits per heavy atom. The summed E-state index contributed by atoms with van der Waals surface area (Å²) in [4.78, 5) is 0. The van der Waals surface area contributed by atoms with E-state index < -0.39 is 5.60 Å². The fourth-order valence-electron chi connectivity index (χ4n) is 2.06. The highest BCUT2D eigenvalue weighted by atomic mass is 16.5. The summed E-state index contributed by atoms with van der Waals surface area (Å²) in [5.74, 6) is 0.832. The average molecular weight is 196 g/mol. The van der Waals surface area contributed by atoms with Gasteiger partial charge in [-0.25, -0.2) is 0 Å². The molecule has 2 rings (SSSR count). The Morgan fingerprint density at radius 3 is 3.07 bits per heavy atom. The van der Waals surface area contributed by atoms with Gasteiger partial charge in [-0.1, -0.05) is 6.92 Å². The van der Waals surface area contributed by atoms with E-state index >= 15 is 0 Å². The van der Waals surface area contributed by atoms with E-state index in [0.29, 0.717) is 13.0 Å². The molecule has 0 radical (unpaired) electrons. The minimum atomic E-state index is -0.402. The Bertz CT molecular complexity index is 281. The summed E-state index contributed by atoms with van der Waals surface area (Å²) >= 11 is 0. The van der Waals surface area contributed by atoms with Gasteiger partial charge in [-0.3, -0.25) is 0 Å². The van der Waals surface area contributed by atoms with Gasteiger partial charge in [0.2, 0.25) is 0 Å². The summed E-state index contributed by atoms with van der Waals surface area (Å²) in [6.45, 7) is 2.66. The van der Waals surface area contributed by atoms with Gasteiger partial charge in [0.1, 0.15) is 11.4 Å². The van der Waals surface area contributed by atoms with Gasteiger partial charge in [0, 0.05) is 6.42 Å². The topological polar surface area (TPSA) is 42.6 Å². The van der Waals surface area contributed by atoms with Crippen molar-refractivity contribution in [3.8, 4) is 0 Å². The molecule has 78 valence electrons. The number of furan rings is 1. The molecule has 0 aliphatic carbocycles. The molecule has 3 heteroatoms. The maximum atomic E-state index is 9.65. The van der Waals surface area contributed by atoms with Crippen molar-refractivity contribution in [2.24, 2.45) is 0 Å². The van der Waals surface area contributed by atoms with Crippen LogP contribution in [0.15, 0.2) is 22.8 Å². The van der Waals surface area contributed by atoms with Crippen LogP contribution in [-0.4, -0.2) is 17.8 Å². The summed E-state index contributed by atoms with van der Waals surface area (Å²) in [5, 5.41) is 9.65. The fourth-order valence-corrected chi connectivity index (χ4v) is 2.06. The maximum Gasteiger partial charge on any atom is 0.135 e. The molecule has 1 aliphatic heterocycles. The van der Waals surface area contributed by atoms with Crippen molar-refractivity contribution >= 4 is 0 Å². The summed E-state index contributed by atoms with van der Waals surface area (Å²) in [6, 6.07) is 3.78. The molecule has 0 aromatic carbocycles. The molecular weight excluding hydrogens is 180 g/mol. The normalized spacial score (nSPS) is 33.1. The Kier molecular flexibility index (Phi) is 2.61. The molecular formula is C11H16O3.